The van der Waals surface area contributed by atoms with E-state index in [1.807, 2.05) is 30.3 Å². The predicted molar refractivity (Wildman–Crippen MR) is 79.9 cm³/mol. The number of alkyl carbamates (subject to hydrolysis) is 1. The molecule has 1 aromatic carbocycles. The molecule has 0 unspecified atom stereocenters. The number of allylic oxidation sites excluding steroid dienone is 1. The van der Waals surface area contributed by atoms with Crippen LogP contribution in [-0.2, 0) is 16.1 Å². The van der Waals surface area contributed by atoms with E-state index in [1.165, 1.54) is 0 Å². The Morgan fingerprint density at radius 1 is 1.29 bits per heavy atom. The van der Waals surface area contributed by atoms with Crippen molar-refractivity contribution in [2.75, 3.05) is 0 Å². The maximum absolute atomic E-state index is 11.6. The van der Waals surface area contributed by atoms with Gasteiger partial charge in [-0.1, -0.05) is 42.8 Å². The fourth-order valence-electron chi connectivity index (χ4n) is 1.80. The number of amides is 1. The molecule has 0 saturated carbocycles. The molecule has 0 aliphatic carbocycles. The number of hydrogen-bond acceptors (Lipinski definition) is 3. The van der Waals surface area contributed by atoms with Crippen molar-refractivity contribution in [2.45, 2.75) is 38.3 Å². The topological polar surface area (TPSA) is 75.6 Å². The number of carboxylic acids is 1. The lowest BCUT2D eigenvalue weighted by molar-refractivity contribution is -0.139. The van der Waals surface area contributed by atoms with E-state index in [2.05, 4.69) is 11.9 Å². The Labute approximate surface area is 124 Å². The summed E-state index contributed by atoms with van der Waals surface area (Å²) in [6, 6.07) is 8.30. The van der Waals surface area contributed by atoms with Gasteiger partial charge < -0.3 is 15.2 Å². The normalized spacial score (nSPS) is 11.4. The molecule has 114 valence electrons. The lowest BCUT2D eigenvalue weighted by atomic mass is 10.1. The molecule has 5 nitrogen and oxygen atoms in total. The molecule has 1 amide bonds. The van der Waals surface area contributed by atoms with Gasteiger partial charge in [0.2, 0.25) is 0 Å². The molecule has 21 heavy (non-hydrogen) atoms. The van der Waals surface area contributed by atoms with Crippen molar-refractivity contribution >= 4 is 12.1 Å². The molecular weight excluding hydrogens is 270 g/mol. The van der Waals surface area contributed by atoms with Gasteiger partial charge in [-0.15, -0.1) is 6.58 Å². The molecular formula is C16H21NO4. The van der Waals surface area contributed by atoms with Crippen LogP contribution in [0.3, 0.4) is 0 Å². The zero-order valence-corrected chi connectivity index (χ0v) is 12.0. The van der Waals surface area contributed by atoms with E-state index in [-0.39, 0.29) is 6.61 Å². The molecule has 1 aromatic rings. The molecule has 0 aliphatic heterocycles. The van der Waals surface area contributed by atoms with Crippen molar-refractivity contribution in [2.24, 2.45) is 0 Å². The number of carbonyl (C=O) groups excluding carboxylic acids is 1. The van der Waals surface area contributed by atoms with Crippen LogP contribution in [0, 0.1) is 0 Å². The first-order chi connectivity index (χ1) is 10.1. The van der Waals surface area contributed by atoms with Crippen molar-refractivity contribution in [3.63, 3.8) is 0 Å². The van der Waals surface area contributed by atoms with Gasteiger partial charge in [0.05, 0.1) is 0 Å². The summed E-state index contributed by atoms with van der Waals surface area (Å²) in [5, 5.41) is 11.5. The minimum absolute atomic E-state index is 0.121. The number of rotatable bonds is 9. The second kappa shape index (κ2) is 9.58. The van der Waals surface area contributed by atoms with Crippen molar-refractivity contribution in [3.05, 3.63) is 48.6 Å². The summed E-state index contributed by atoms with van der Waals surface area (Å²) in [6.45, 7) is 3.73. The highest BCUT2D eigenvalue weighted by atomic mass is 16.5. The summed E-state index contributed by atoms with van der Waals surface area (Å²) in [4.78, 5) is 22.7. The summed E-state index contributed by atoms with van der Waals surface area (Å²) in [7, 11) is 0. The predicted octanol–water partition coefficient (Wildman–Crippen LogP) is 3.11. The summed E-state index contributed by atoms with van der Waals surface area (Å²) in [6.07, 6.45) is 3.86. The lowest BCUT2D eigenvalue weighted by Crippen LogP contribution is -2.40. The third-order valence-electron chi connectivity index (χ3n) is 2.95. The van der Waals surface area contributed by atoms with Gasteiger partial charge in [0.25, 0.3) is 0 Å². The fraction of sp³-hybridized carbons (Fsp3) is 0.375. The first kappa shape index (κ1) is 16.8. The van der Waals surface area contributed by atoms with Gasteiger partial charge >= 0.3 is 12.1 Å². The molecule has 0 fully saturated rings. The van der Waals surface area contributed by atoms with Crippen LogP contribution in [0.1, 0.15) is 31.2 Å². The van der Waals surface area contributed by atoms with Crippen LogP contribution in [-0.4, -0.2) is 23.2 Å². The van der Waals surface area contributed by atoms with Crippen LogP contribution in [0.25, 0.3) is 0 Å². The van der Waals surface area contributed by atoms with Crippen LogP contribution < -0.4 is 5.32 Å². The lowest BCUT2D eigenvalue weighted by Gasteiger charge is -2.14. The Bertz CT molecular complexity index is 459. The van der Waals surface area contributed by atoms with Gasteiger partial charge in [-0.25, -0.2) is 9.59 Å². The van der Waals surface area contributed by atoms with Crippen molar-refractivity contribution in [1.82, 2.24) is 5.32 Å². The molecule has 1 atom stereocenters. The Morgan fingerprint density at radius 3 is 2.62 bits per heavy atom. The molecule has 0 bridgehead atoms. The standard InChI is InChI=1S/C16H21NO4/c1-2-3-4-8-11-14(15(18)19)17-16(20)21-12-13-9-6-5-7-10-13/h2,5-7,9-10,14H,1,3-4,8,11-12H2,(H,17,20)(H,18,19)/t14-/m0/s1. The first-order valence-electron chi connectivity index (χ1n) is 6.94. The molecule has 0 heterocycles. The Balaban J connectivity index is 2.34. The van der Waals surface area contributed by atoms with Crippen molar-refractivity contribution in [3.8, 4) is 0 Å². The number of carbonyl (C=O) groups is 2. The second-order valence-corrected chi connectivity index (χ2v) is 4.67. The van der Waals surface area contributed by atoms with Gasteiger partial charge in [0, 0.05) is 0 Å². The monoisotopic (exact) mass is 291 g/mol. The number of hydrogen-bond donors (Lipinski definition) is 2. The largest absolute Gasteiger partial charge is 0.480 e. The van der Waals surface area contributed by atoms with Crippen molar-refractivity contribution < 1.29 is 19.4 Å². The van der Waals surface area contributed by atoms with Gasteiger partial charge in [0.15, 0.2) is 0 Å². The third kappa shape index (κ3) is 7.15. The number of nitrogens with one attached hydrogen (secondary N) is 1. The number of aliphatic carboxylic acids is 1. The van der Waals surface area contributed by atoms with Crippen LogP contribution in [0.4, 0.5) is 4.79 Å². The average Bonchev–Trinajstić information content (AvgIpc) is 2.49. The van der Waals surface area contributed by atoms with E-state index in [9.17, 15) is 9.59 Å². The Morgan fingerprint density at radius 2 is 2.00 bits per heavy atom. The van der Waals surface area contributed by atoms with Crippen molar-refractivity contribution in [1.29, 1.82) is 0 Å². The molecule has 0 aromatic heterocycles. The Kier molecular flexibility index (Phi) is 7.64. The van der Waals surface area contributed by atoms with Gasteiger partial charge in [-0.2, -0.15) is 0 Å². The third-order valence-corrected chi connectivity index (χ3v) is 2.95. The maximum Gasteiger partial charge on any atom is 0.408 e. The molecule has 0 spiro atoms. The molecule has 0 aliphatic rings. The van der Waals surface area contributed by atoms with Gasteiger partial charge in [0.1, 0.15) is 12.6 Å². The number of benzene rings is 1. The van der Waals surface area contributed by atoms with E-state index in [1.54, 1.807) is 6.08 Å². The SMILES string of the molecule is C=CCCCC[C@H](NC(=O)OCc1ccccc1)C(=O)O. The molecule has 1 rings (SSSR count). The van der Waals surface area contributed by atoms with Crippen LogP contribution in [0.2, 0.25) is 0 Å². The van der Waals surface area contributed by atoms with E-state index in [0.29, 0.717) is 12.8 Å². The minimum atomic E-state index is -1.05. The first-order valence-corrected chi connectivity index (χ1v) is 6.94. The number of carboxylic acid groups (broad SMARTS) is 1. The molecule has 0 radical (unpaired) electrons. The van der Waals surface area contributed by atoms with Crippen LogP contribution >= 0.6 is 0 Å². The number of unbranched alkanes of at least 4 members (excludes halogenated alkanes) is 2. The van der Waals surface area contributed by atoms with Crippen LogP contribution in [0.5, 0.6) is 0 Å². The molecule has 5 heteroatoms. The highest BCUT2D eigenvalue weighted by Crippen LogP contribution is 2.06. The quantitative estimate of drug-likeness (QED) is 0.541. The molecule has 2 N–H and O–H groups in total. The fourth-order valence-corrected chi connectivity index (χ4v) is 1.80. The summed E-state index contributed by atoms with van der Waals surface area (Å²) >= 11 is 0. The van der Waals surface area contributed by atoms with E-state index in [4.69, 9.17) is 9.84 Å². The maximum atomic E-state index is 11.6. The zero-order chi connectivity index (χ0) is 15.5. The minimum Gasteiger partial charge on any atom is -0.480 e. The van der Waals surface area contributed by atoms with Gasteiger partial charge in [-0.05, 0) is 24.8 Å². The van der Waals surface area contributed by atoms with Crippen LogP contribution in [0.15, 0.2) is 43.0 Å². The zero-order valence-electron chi connectivity index (χ0n) is 12.0. The summed E-state index contributed by atoms with van der Waals surface area (Å²) < 4.78 is 5.01. The Hall–Kier alpha value is -2.30. The van der Waals surface area contributed by atoms with E-state index in [0.717, 1.165) is 18.4 Å². The number of ether oxygens (including phenoxy) is 1. The van der Waals surface area contributed by atoms with Gasteiger partial charge in [-0.3, -0.25) is 0 Å². The second-order valence-electron chi connectivity index (χ2n) is 4.67. The molecule has 0 saturated heterocycles. The summed E-state index contributed by atoms with van der Waals surface area (Å²) in [5.74, 6) is -1.05. The highest BCUT2D eigenvalue weighted by molar-refractivity contribution is 5.79. The average molecular weight is 291 g/mol. The smallest absolute Gasteiger partial charge is 0.408 e. The summed E-state index contributed by atoms with van der Waals surface area (Å²) in [5.41, 5.74) is 0.852. The highest BCUT2D eigenvalue weighted by Gasteiger charge is 2.19. The van der Waals surface area contributed by atoms with E-state index >= 15 is 0 Å². The van der Waals surface area contributed by atoms with E-state index < -0.39 is 18.1 Å².